The first-order chi connectivity index (χ1) is 9.50. The molecular weight excluding hydrogens is 278 g/mol. The van der Waals surface area contributed by atoms with Gasteiger partial charge in [-0.05, 0) is 24.3 Å². The van der Waals surface area contributed by atoms with Crippen LogP contribution in [0.2, 0.25) is 0 Å². The van der Waals surface area contributed by atoms with Crippen molar-refractivity contribution in [2.24, 2.45) is 0 Å². The number of nitrogens with two attached hydrogens (primary N) is 1. The van der Waals surface area contributed by atoms with Crippen molar-refractivity contribution in [3.8, 4) is 0 Å². The Morgan fingerprint density at radius 2 is 1.55 bits per heavy atom. The van der Waals surface area contributed by atoms with Gasteiger partial charge in [0.2, 0.25) is 0 Å². The number of hydrazine groups is 1. The normalized spacial score (nSPS) is 11.0. The highest BCUT2D eigenvalue weighted by Crippen LogP contribution is 2.10. The maximum absolute atomic E-state index is 11.9. The van der Waals surface area contributed by atoms with Crippen molar-refractivity contribution in [2.75, 3.05) is 5.73 Å². The predicted molar refractivity (Wildman–Crippen MR) is 75.1 cm³/mol. The molecule has 0 fully saturated rings. The number of rotatable bonds is 4. The van der Waals surface area contributed by atoms with Crippen molar-refractivity contribution >= 4 is 21.6 Å². The third-order valence-corrected chi connectivity index (χ3v) is 3.82. The topological polar surface area (TPSA) is 101 Å². The number of anilines is 1. The van der Waals surface area contributed by atoms with Gasteiger partial charge in [-0.25, -0.2) is 8.42 Å². The lowest BCUT2D eigenvalue weighted by molar-refractivity contribution is 0.0946. The van der Waals surface area contributed by atoms with Gasteiger partial charge in [-0.15, -0.1) is 4.83 Å². The molecule has 0 saturated carbocycles. The van der Waals surface area contributed by atoms with E-state index in [1.54, 1.807) is 36.4 Å². The Bertz CT molecular complexity index is 715. The molecule has 0 unspecified atom stereocenters. The van der Waals surface area contributed by atoms with Crippen molar-refractivity contribution in [1.82, 2.24) is 10.3 Å². The van der Waals surface area contributed by atoms with Crippen LogP contribution in [0.25, 0.3) is 0 Å². The molecule has 0 radical (unpaired) electrons. The fourth-order valence-corrected chi connectivity index (χ4v) is 2.40. The van der Waals surface area contributed by atoms with Crippen LogP contribution < -0.4 is 16.0 Å². The van der Waals surface area contributed by atoms with E-state index < -0.39 is 15.9 Å². The molecule has 2 rings (SSSR count). The zero-order valence-electron chi connectivity index (χ0n) is 10.4. The molecule has 0 saturated heterocycles. The van der Waals surface area contributed by atoms with Gasteiger partial charge in [0.25, 0.3) is 15.9 Å². The molecule has 0 spiro atoms. The van der Waals surface area contributed by atoms with Crippen molar-refractivity contribution < 1.29 is 13.2 Å². The first-order valence-electron chi connectivity index (χ1n) is 5.72. The van der Waals surface area contributed by atoms with E-state index in [2.05, 4.69) is 5.43 Å². The van der Waals surface area contributed by atoms with Crippen LogP contribution in [0.4, 0.5) is 5.69 Å². The summed E-state index contributed by atoms with van der Waals surface area (Å²) in [4.78, 5) is 13.9. The second kappa shape index (κ2) is 5.72. The van der Waals surface area contributed by atoms with Gasteiger partial charge in [0, 0.05) is 5.69 Å². The standard InChI is InChI=1S/C13H13N3O3S/c14-12-9-5-4-8-11(12)13(17)15-16-20(18,19)10-6-2-1-3-7-10/h1-9,16H,14H2,(H,15,17). The van der Waals surface area contributed by atoms with Crippen LogP contribution in [0.15, 0.2) is 59.5 Å². The lowest BCUT2D eigenvalue weighted by atomic mass is 10.2. The molecule has 0 aromatic heterocycles. The Labute approximate surface area is 116 Å². The molecule has 20 heavy (non-hydrogen) atoms. The highest BCUT2D eigenvalue weighted by atomic mass is 32.2. The van der Waals surface area contributed by atoms with Crippen LogP contribution in [0.1, 0.15) is 10.4 Å². The Morgan fingerprint density at radius 1 is 0.950 bits per heavy atom. The quantitative estimate of drug-likeness (QED) is 0.575. The molecule has 2 aromatic rings. The average molecular weight is 291 g/mol. The summed E-state index contributed by atoms with van der Waals surface area (Å²) < 4.78 is 23.8. The second-order valence-electron chi connectivity index (χ2n) is 3.96. The van der Waals surface area contributed by atoms with E-state index in [0.29, 0.717) is 0 Å². The van der Waals surface area contributed by atoms with Crippen LogP contribution in [-0.4, -0.2) is 14.3 Å². The fourth-order valence-electron chi connectivity index (χ4n) is 1.54. The minimum Gasteiger partial charge on any atom is -0.398 e. The smallest absolute Gasteiger partial charge is 0.268 e. The Morgan fingerprint density at radius 3 is 2.20 bits per heavy atom. The van der Waals surface area contributed by atoms with E-state index in [9.17, 15) is 13.2 Å². The molecule has 1 amide bonds. The maximum atomic E-state index is 11.9. The number of nitrogen functional groups attached to an aromatic ring is 1. The largest absolute Gasteiger partial charge is 0.398 e. The Hall–Kier alpha value is -2.38. The van der Waals surface area contributed by atoms with E-state index in [4.69, 9.17) is 5.73 Å². The SMILES string of the molecule is Nc1ccccc1C(=O)NNS(=O)(=O)c1ccccc1. The van der Waals surface area contributed by atoms with Crippen molar-refractivity contribution in [3.63, 3.8) is 0 Å². The van der Waals surface area contributed by atoms with Crippen LogP contribution >= 0.6 is 0 Å². The summed E-state index contributed by atoms with van der Waals surface area (Å²) in [5, 5.41) is 0. The lowest BCUT2D eigenvalue weighted by Crippen LogP contribution is -2.41. The van der Waals surface area contributed by atoms with Gasteiger partial charge < -0.3 is 5.73 Å². The molecule has 0 aliphatic heterocycles. The summed E-state index contributed by atoms with van der Waals surface area (Å²) in [6.45, 7) is 0. The first-order valence-corrected chi connectivity index (χ1v) is 7.21. The highest BCUT2D eigenvalue weighted by Gasteiger charge is 2.15. The molecule has 0 aliphatic carbocycles. The number of carbonyl (C=O) groups is 1. The van der Waals surface area contributed by atoms with E-state index in [0.717, 1.165) is 0 Å². The highest BCUT2D eigenvalue weighted by molar-refractivity contribution is 7.89. The summed E-state index contributed by atoms with van der Waals surface area (Å²) in [7, 11) is -3.80. The van der Waals surface area contributed by atoms with Crippen LogP contribution in [0.3, 0.4) is 0 Å². The number of hydrogen-bond acceptors (Lipinski definition) is 4. The molecule has 7 heteroatoms. The summed E-state index contributed by atoms with van der Waals surface area (Å²) in [5.41, 5.74) is 8.22. The van der Waals surface area contributed by atoms with Crippen LogP contribution in [0.5, 0.6) is 0 Å². The van der Waals surface area contributed by atoms with E-state index >= 15 is 0 Å². The van der Waals surface area contributed by atoms with Crippen LogP contribution in [0, 0.1) is 0 Å². The zero-order valence-corrected chi connectivity index (χ0v) is 11.2. The number of hydrogen-bond donors (Lipinski definition) is 3. The van der Waals surface area contributed by atoms with Gasteiger partial charge in [0.15, 0.2) is 0 Å². The molecule has 0 aliphatic rings. The third-order valence-electron chi connectivity index (χ3n) is 2.56. The van der Waals surface area contributed by atoms with E-state index in [1.165, 1.54) is 18.2 Å². The number of para-hydroxylation sites is 1. The molecule has 6 nitrogen and oxygen atoms in total. The van der Waals surface area contributed by atoms with Crippen molar-refractivity contribution in [2.45, 2.75) is 4.90 Å². The molecule has 0 bridgehead atoms. The van der Waals surface area contributed by atoms with Gasteiger partial charge in [-0.3, -0.25) is 10.2 Å². The summed E-state index contributed by atoms with van der Waals surface area (Å²) in [6, 6.07) is 14.1. The monoisotopic (exact) mass is 291 g/mol. The minimum atomic E-state index is -3.80. The molecule has 0 heterocycles. The maximum Gasteiger partial charge on any atom is 0.268 e. The summed E-state index contributed by atoms with van der Waals surface area (Å²) in [5.74, 6) is -0.623. The first kappa shape index (κ1) is 14.0. The summed E-state index contributed by atoms with van der Waals surface area (Å²) in [6.07, 6.45) is 0. The molecule has 0 atom stereocenters. The summed E-state index contributed by atoms with van der Waals surface area (Å²) >= 11 is 0. The van der Waals surface area contributed by atoms with Crippen LogP contribution in [-0.2, 0) is 10.0 Å². The lowest BCUT2D eigenvalue weighted by Gasteiger charge is -2.09. The Balaban J connectivity index is 2.10. The van der Waals surface area contributed by atoms with Crippen molar-refractivity contribution in [1.29, 1.82) is 0 Å². The predicted octanol–water partition coefficient (Wildman–Crippen LogP) is 0.892. The number of carbonyl (C=O) groups excluding carboxylic acids is 1. The van der Waals surface area contributed by atoms with Crippen molar-refractivity contribution in [3.05, 3.63) is 60.2 Å². The van der Waals surface area contributed by atoms with Gasteiger partial charge >= 0.3 is 0 Å². The Kier molecular flexibility index (Phi) is 4.02. The van der Waals surface area contributed by atoms with Gasteiger partial charge in [0.1, 0.15) is 0 Å². The fraction of sp³-hybridized carbons (Fsp3) is 0. The van der Waals surface area contributed by atoms with E-state index in [-0.39, 0.29) is 16.1 Å². The zero-order chi connectivity index (χ0) is 14.6. The number of sulfonamides is 1. The van der Waals surface area contributed by atoms with Gasteiger partial charge in [0.05, 0.1) is 10.5 Å². The number of amides is 1. The third kappa shape index (κ3) is 3.14. The number of nitrogens with one attached hydrogen (secondary N) is 2. The molecular formula is C13H13N3O3S. The van der Waals surface area contributed by atoms with Gasteiger partial charge in [-0.1, -0.05) is 30.3 Å². The second-order valence-corrected chi connectivity index (χ2v) is 5.64. The minimum absolute atomic E-state index is 0.0568. The molecule has 104 valence electrons. The molecule has 4 N–H and O–H groups in total. The molecule has 2 aromatic carbocycles. The average Bonchev–Trinajstić information content (AvgIpc) is 2.46. The van der Waals surface area contributed by atoms with E-state index in [1.807, 2.05) is 4.83 Å². The van der Waals surface area contributed by atoms with Gasteiger partial charge in [-0.2, -0.15) is 0 Å². The number of benzene rings is 2.